The molecule has 2 heterocycles. The van der Waals surface area contributed by atoms with E-state index >= 15 is 0 Å². The van der Waals surface area contributed by atoms with E-state index in [0.29, 0.717) is 6.10 Å². The molecule has 1 amide bonds. The van der Waals surface area contributed by atoms with E-state index in [9.17, 15) is 4.79 Å². The average molecular weight is 212 g/mol. The molecule has 2 fully saturated rings. The number of carbonyl (C=O) groups excluding carboxylic acids is 1. The molecule has 0 aromatic heterocycles. The normalized spacial score (nSPS) is 31.3. The highest BCUT2D eigenvalue weighted by molar-refractivity contribution is 5.78. The van der Waals surface area contributed by atoms with E-state index in [0.717, 1.165) is 39.1 Å². The third kappa shape index (κ3) is 2.92. The summed E-state index contributed by atoms with van der Waals surface area (Å²) in [5, 5.41) is 0. The fourth-order valence-electron chi connectivity index (χ4n) is 2.25. The van der Waals surface area contributed by atoms with Gasteiger partial charge in [-0.1, -0.05) is 0 Å². The Labute approximate surface area is 91.2 Å². The summed E-state index contributed by atoms with van der Waals surface area (Å²) in [6.45, 7) is 3.95. The zero-order valence-corrected chi connectivity index (χ0v) is 9.61. The molecule has 2 aliphatic heterocycles. The number of piperidine rings is 1. The zero-order valence-electron chi connectivity index (χ0n) is 9.61. The summed E-state index contributed by atoms with van der Waals surface area (Å²) in [6, 6.07) is 0. The highest BCUT2D eigenvalue weighted by Gasteiger charge is 2.31. The van der Waals surface area contributed by atoms with Crippen molar-refractivity contribution in [2.75, 3.05) is 40.3 Å². The summed E-state index contributed by atoms with van der Waals surface area (Å²) in [4.78, 5) is 15.9. The second kappa shape index (κ2) is 4.49. The molecule has 2 rings (SSSR count). The fraction of sp³-hybridized carbons (Fsp3) is 0.909. The smallest absolute Gasteiger partial charge is 0.226 e. The number of carbonyl (C=O) groups is 1. The third-order valence-corrected chi connectivity index (χ3v) is 3.16. The lowest BCUT2D eigenvalue weighted by Crippen LogP contribution is -2.43. The van der Waals surface area contributed by atoms with Crippen molar-refractivity contribution >= 4 is 5.91 Å². The number of hydrogen-bond acceptors (Lipinski definition) is 3. The van der Waals surface area contributed by atoms with Gasteiger partial charge in [-0.05, 0) is 19.4 Å². The van der Waals surface area contributed by atoms with Crippen molar-refractivity contribution in [3.63, 3.8) is 0 Å². The molecule has 0 N–H and O–H groups in total. The maximum atomic E-state index is 11.8. The highest BCUT2D eigenvalue weighted by atomic mass is 16.6. The van der Waals surface area contributed by atoms with E-state index in [1.807, 2.05) is 14.1 Å². The molecule has 2 atom stereocenters. The topological polar surface area (TPSA) is 36.1 Å². The monoisotopic (exact) mass is 212 g/mol. The van der Waals surface area contributed by atoms with E-state index in [-0.39, 0.29) is 11.8 Å². The van der Waals surface area contributed by atoms with Gasteiger partial charge < -0.3 is 9.64 Å². The predicted octanol–water partition coefficient (Wildman–Crippen LogP) is 0.185. The van der Waals surface area contributed by atoms with Crippen molar-refractivity contribution in [3.8, 4) is 0 Å². The molecule has 0 aromatic rings. The Kier molecular flexibility index (Phi) is 3.26. The van der Waals surface area contributed by atoms with Gasteiger partial charge in [-0.3, -0.25) is 9.69 Å². The summed E-state index contributed by atoms with van der Waals surface area (Å²) in [7, 11) is 3.68. The number of hydrogen-bond donors (Lipinski definition) is 0. The van der Waals surface area contributed by atoms with Gasteiger partial charge in [-0.2, -0.15) is 0 Å². The van der Waals surface area contributed by atoms with Gasteiger partial charge in [-0.25, -0.2) is 0 Å². The second-order valence-electron chi connectivity index (χ2n) is 4.79. The molecule has 86 valence electrons. The summed E-state index contributed by atoms with van der Waals surface area (Å²) < 4.78 is 5.22. The van der Waals surface area contributed by atoms with E-state index in [1.165, 1.54) is 0 Å². The SMILES string of the molecule is CN(C)C(=O)[C@@H]1CCCN(C[C@H]2CO2)C1. The molecule has 0 aromatic carbocycles. The van der Waals surface area contributed by atoms with Crippen LogP contribution in [0.4, 0.5) is 0 Å². The molecule has 2 aliphatic rings. The van der Waals surface area contributed by atoms with Crippen molar-refractivity contribution in [1.29, 1.82) is 0 Å². The molecule has 4 nitrogen and oxygen atoms in total. The van der Waals surface area contributed by atoms with Crippen LogP contribution >= 0.6 is 0 Å². The van der Waals surface area contributed by atoms with Crippen molar-refractivity contribution in [1.82, 2.24) is 9.80 Å². The van der Waals surface area contributed by atoms with Crippen LogP contribution < -0.4 is 0 Å². The maximum Gasteiger partial charge on any atom is 0.226 e. The standard InChI is InChI=1S/C11H20N2O2/c1-12(2)11(14)9-4-3-5-13(6-9)7-10-8-15-10/h9-10H,3-8H2,1-2H3/t9-,10+/m1/s1. The lowest BCUT2D eigenvalue weighted by molar-refractivity contribution is -0.134. The second-order valence-corrected chi connectivity index (χ2v) is 4.79. The highest BCUT2D eigenvalue weighted by Crippen LogP contribution is 2.20. The lowest BCUT2D eigenvalue weighted by atomic mass is 9.96. The van der Waals surface area contributed by atoms with Crippen LogP contribution in [0, 0.1) is 5.92 Å². The Morgan fingerprint density at radius 3 is 2.87 bits per heavy atom. The molecule has 2 saturated heterocycles. The minimum Gasteiger partial charge on any atom is -0.372 e. The van der Waals surface area contributed by atoms with Gasteiger partial charge in [0.1, 0.15) is 0 Å². The number of epoxide rings is 1. The molecule has 15 heavy (non-hydrogen) atoms. The first-order valence-electron chi connectivity index (χ1n) is 5.72. The summed E-state index contributed by atoms with van der Waals surface area (Å²) in [6.07, 6.45) is 2.62. The van der Waals surface area contributed by atoms with Gasteiger partial charge in [0.15, 0.2) is 0 Å². The van der Waals surface area contributed by atoms with E-state index in [1.54, 1.807) is 4.90 Å². The van der Waals surface area contributed by atoms with Crippen LogP contribution in [0.1, 0.15) is 12.8 Å². The van der Waals surface area contributed by atoms with Crippen LogP contribution in [-0.4, -0.2) is 62.1 Å². The molecular formula is C11H20N2O2. The van der Waals surface area contributed by atoms with Gasteiger partial charge >= 0.3 is 0 Å². The first-order chi connectivity index (χ1) is 7.16. The van der Waals surface area contributed by atoms with Gasteiger partial charge in [0, 0.05) is 27.2 Å². The van der Waals surface area contributed by atoms with Crippen molar-refractivity contribution in [3.05, 3.63) is 0 Å². The molecular weight excluding hydrogens is 192 g/mol. The Morgan fingerprint density at radius 2 is 2.27 bits per heavy atom. The Bertz CT molecular complexity index is 239. The summed E-state index contributed by atoms with van der Waals surface area (Å²) in [5.74, 6) is 0.476. The van der Waals surface area contributed by atoms with Gasteiger partial charge in [-0.15, -0.1) is 0 Å². The van der Waals surface area contributed by atoms with Crippen LogP contribution in [0.15, 0.2) is 0 Å². The Hall–Kier alpha value is -0.610. The number of rotatable bonds is 3. The first-order valence-corrected chi connectivity index (χ1v) is 5.72. The van der Waals surface area contributed by atoms with Crippen LogP contribution in [0.3, 0.4) is 0 Å². The van der Waals surface area contributed by atoms with Crippen LogP contribution in [0.5, 0.6) is 0 Å². The molecule has 0 unspecified atom stereocenters. The summed E-state index contributed by atoms with van der Waals surface area (Å²) in [5.41, 5.74) is 0. The van der Waals surface area contributed by atoms with E-state index in [4.69, 9.17) is 4.74 Å². The molecule has 0 spiro atoms. The third-order valence-electron chi connectivity index (χ3n) is 3.16. The first kappa shape index (κ1) is 10.9. The zero-order chi connectivity index (χ0) is 10.8. The van der Waals surface area contributed by atoms with E-state index in [2.05, 4.69) is 4.90 Å². The van der Waals surface area contributed by atoms with Crippen molar-refractivity contribution in [2.24, 2.45) is 5.92 Å². The Balaban J connectivity index is 1.82. The maximum absolute atomic E-state index is 11.8. The van der Waals surface area contributed by atoms with Crippen LogP contribution in [0.2, 0.25) is 0 Å². The van der Waals surface area contributed by atoms with Gasteiger partial charge in [0.25, 0.3) is 0 Å². The van der Waals surface area contributed by atoms with Crippen LogP contribution in [0.25, 0.3) is 0 Å². The van der Waals surface area contributed by atoms with Crippen LogP contribution in [-0.2, 0) is 9.53 Å². The molecule has 0 aliphatic carbocycles. The summed E-state index contributed by atoms with van der Waals surface area (Å²) >= 11 is 0. The minimum atomic E-state index is 0.201. The van der Waals surface area contributed by atoms with Gasteiger partial charge in [0.2, 0.25) is 5.91 Å². The fourth-order valence-corrected chi connectivity index (χ4v) is 2.25. The van der Waals surface area contributed by atoms with Crippen molar-refractivity contribution < 1.29 is 9.53 Å². The molecule has 0 radical (unpaired) electrons. The minimum absolute atomic E-state index is 0.201. The lowest BCUT2D eigenvalue weighted by Gasteiger charge is -2.32. The number of likely N-dealkylation sites (tertiary alicyclic amines) is 1. The number of amides is 1. The molecule has 4 heteroatoms. The van der Waals surface area contributed by atoms with E-state index < -0.39 is 0 Å². The number of nitrogens with zero attached hydrogens (tertiary/aromatic N) is 2. The largest absolute Gasteiger partial charge is 0.372 e. The van der Waals surface area contributed by atoms with Gasteiger partial charge in [0.05, 0.1) is 18.6 Å². The molecule has 0 saturated carbocycles. The quantitative estimate of drug-likeness (QED) is 0.626. The predicted molar refractivity (Wildman–Crippen MR) is 57.6 cm³/mol. The Morgan fingerprint density at radius 1 is 1.53 bits per heavy atom. The molecule has 0 bridgehead atoms. The average Bonchev–Trinajstić information content (AvgIpc) is 3.01. The number of ether oxygens (including phenoxy) is 1. The van der Waals surface area contributed by atoms with Crippen molar-refractivity contribution in [2.45, 2.75) is 18.9 Å².